The number of aliphatic hydroxyl groups is 4. The third kappa shape index (κ3) is 9.21. The summed E-state index contributed by atoms with van der Waals surface area (Å²) in [6, 6.07) is 0. The number of halogens is 1. The molecule has 11 nitrogen and oxygen atoms in total. The van der Waals surface area contributed by atoms with Crippen molar-refractivity contribution < 1.29 is 58.9 Å². The van der Waals surface area contributed by atoms with E-state index < -0.39 is 76.6 Å². The molecule has 0 aromatic heterocycles. The molecule has 12 heteroatoms. The fourth-order valence-corrected chi connectivity index (χ4v) is 14.6. The second-order valence-corrected chi connectivity index (χ2v) is 22.1. The Kier molecular flexibility index (Phi) is 15.8. The molecule has 0 saturated heterocycles. The van der Waals surface area contributed by atoms with Gasteiger partial charge in [0.05, 0.1) is 24.4 Å². The molecular formula is C55H79FO11. The van der Waals surface area contributed by atoms with E-state index in [0.29, 0.717) is 66.8 Å². The lowest BCUT2D eigenvalue weighted by Gasteiger charge is -2.62. The molecule has 67 heavy (non-hydrogen) atoms. The van der Waals surface area contributed by atoms with E-state index in [0.717, 1.165) is 17.6 Å². The van der Waals surface area contributed by atoms with E-state index in [-0.39, 0.29) is 42.5 Å². The number of rotatable bonds is 11. The van der Waals surface area contributed by atoms with E-state index in [9.17, 15) is 39.6 Å². The zero-order valence-electron chi connectivity index (χ0n) is 41.0. The molecule has 0 amide bonds. The van der Waals surface area contributed by atoms with E-state index in [1.54, 1.807) is 33.8 Å². The van der Waals surface area contributed by atoms with E-state index >= 15 is 4.39 Å². The van der Waals surface area contributed by atoms with Crippen LogP contribution in [0.1, 0.15) is 145 Å². The maximum absolute atomic E-state index is 17.4. The van der Waals surface area contributed by atoms with Crippen molar-refractivity contribution in [3.8, 4) is 0 Å². The van der Waals surface area contributed by atoms with Crippen LogP contribution in [-0.2, 0) is 28.7 Å². The number of Topliss-reactive ketones (excluding diaryl/α,β-unsaturated/α-hetero) is 1. The van der Waals surface area contributed by atoms with Gasteiger partial charge in [-0.15, -0.1) is 0 Å². The molecule has 0 heterocycles. The Morgan fingerprint density at radius 3 is 2.33 bits per heavy atom. The summed E-state index contributed by atoms with van der Waals surface area (Å²) in [7, 11) is 0. The van der Waals surface area contributed by atoms with Crippen molar-refractivity contribution in [1.82, 2.24) is 0 Å². The molecule has 372 valence electrons. The number of ketones is 2. The maximum Gasteiger partial charge on any atom is 0.306 e. The second kappa shape index (κ2) is 20.1. The largest absolute Gasteiger partial charge is 0.457 e. The molecule has 8 aliphatic rings. The van der Waals surface area contributed by atoms with Crippen LogP contribution in [0.25, 0.3) is 0 Å². The molecule has 0 bridgehead atoms. The fraction of sp³-hybridized carbons (Fsp3) is 0.709. The minimum absolute atomic E-state index is 0. The first-order valence-electron chi connectivity index (χ1n) is 25.1. The SMILES string of the molecule is C=C1/C(=C\C=C2/CCC[C@]3(C)[C@@H]([C@H](C)/C=C/[C@@H](O)C4CC4)CC[C@@H]23)C[C@@H](O)C[C@@H]1O.CCC(=O)OCC(=O)C1(OC(=O)CC)C(C)CC2C3CCC4=CC(=O)C=CC4(C)C3(F)C(O)CC21C.O. The Hall–Kier alpha value is -3.55. The van der Waals surface area contributed by atoms with Crippen molar-refractivity contribution in [2.24, 2.45) is 57.7 Å². The summed E-state index contributed by atoms with van der Waals surface area (Å²) in [5.41, 5.74) is -1.63. The number of esters is 2. The van der Waals surface area contributed by atoms with Gasteiger partial charge in [-0.3, -0.25) is 19.2 Å². The third-order valence-electron chi connectivity index (χ3n) is 18.5. The van der Waals surface area contributed by atoms with Gasteiger partial charge in [0.15, 0.2) is 23.7 Å². The average Bonchev–Trinajstić information content (AvgIpc) is 4.03. The lowest BCUT2D eigenvalue weighted by Crippen LogP contribution is -2.70. The van der Waals surface area contributed by atoms with Crippen LogP contribution in [0.5, 0.6) is 0 Å². The van der Waals surface area contributed by atoms with Gasteiger partial charge in [0, 0.05) is 41.9 Å². The average molecular weight is 935 g/mol. The van der Waals surface area contributed by atoms with Crippen molar-refractivity contribution in [3.63, 3.8) is 0 Å². The number of carbonyl (C=O) groups is 4. The molecule has 15 atom stereocenters. The Labute approximate surface area is 397 Å². The van der Waals surface area contributed by atoms with Gasteiger partial charge >= 0.3 is 11.9 Å². The van der Waals surface area contributed by atoms with E-state index in [1.807, 2.05) is 6.92 Å². The van der Waals surface area contributed by atoms with Gasteiger partial charge in [-0.1, -0.05) is 89.6 Å². The Balaban J connectivity index is 0.000000221. The summed E-state index contributed by atoms with van der Waals surface area (Å²) in [6.45, 7) is 16.9. The molecule has 0 aromatic rings. The number of alkyl halides is 1. The smallest absolute Gasteiger partial charge is 0.306 e. The quantitative estimate of drug-likeness (QED) is 0.116. The lowest BCUT2D eigenvalue weighted by molar-refractivity contribution is -0.228. The van der Waals surface area contributed by atoms with Crippen LogP contribution >= 0.6 is 0 Å². The summed E-state index contributed by atoms with van der Waals surface area (Å²) >= 11 is 0. The van der Waals surface area contributed by atoms with E-state index in [2.05, 4.69) is 44.7 Å². The maximum atomic E-state index is 17.4. The van der Waals surface area contributed by atoms with Gasteiger partial charge in [0.25, 0.3) is 0 Å². The van der Waals surface area contributed by atoms with Crippen LogP contribution in [0.4, 0.5) is 4.39 Å². The normalized spacial score (nSPS) is 42.0. The predicted molar refractivity (Wildman–Crippen MR) is 254 cm³/mol. The highest BCUT2D eigenvalue weighted by Gasteiger charge is 2.77. The van der Waals surface area contributed by atoms with Gasteiger partial charge in [-0.25, -0.2) is 4.39 Å². The highest BCUT2D eigenvalue weighted by Crippen LogP contribution is 2.71. The predicted octanol–water partition coefficient (Wildman–Crippen LogP) is 8.08. The molecule has 8 rings (SSSR count). The van der Waals surface area contributed by atoms with Crippen LogP contribution < -0.4 is 0 Å². The van der Waals surface area contributed by atoms with Gasteiger partial charge in [-0.05, 0) is 142 Å². The topological polar surface area (TPSA) is 199 Å². The summed E-state index contributed by atoms with van der Waals surface area (Å²) < 4.78 is 28.5. The van der Waals surface area contributed by atoms with Gasteiger partial charge in [0.1, 0.15) is 0 Å². The Morgan fingerprint density at radius 1 is 0.955 bits per heavy atom. The van der Waals surface area contributed by atoms with E-state index in [4.69, 9.17) is 9.47 Å². The zero-order chi connectivity index (χ0) is 48.1. The molecule has 0 spiro atoms. The monoisotopic (exact) mass is 935 g/mol. The second-order valence-electron chi connectivity index (χ2n) is 22.1. The summed E-state index contributed by atoms with van der Waals surface area (Å²) in [5, 5.41) is 41.9. The van der Waals surface area contributed by atoms with Gasteiger partial charge in [0.2, 0.25) is 5.78 Å². The number of hydrogen-bond donors (Lipinski definition) is 4. The van der Waals surface area contributed by atoms with Crippen molar-refractivity contribution >= 4 is 23.5 Å². The van der Waals surface area contributed by atoms with Crippen LogP contribution in [-0.4, -0.2) is 91.7 Å². The molecule has 7 saturated carbocycles. The zero-order valence-corrected chi connectivity index (χ0v) is 41.0. The number of fused-ring (bicyclic) bond motifs is 6. The van der Waals surface area contributed by atoms with Crippen LogP contribution in [0.15, 0.2) is 71.4 Å². The summed E-state index contributed by atoms with van der Waals surface area (Å²) in [5.74, 6) is -1.03. The first-order chi connectivity index (χ1) is 31.1. The third-order valence-corrected chi connectivity index (χ3v) is 18.5. The van der Waals surface area contributed by atoms with Crippen molar-refractivity contribution in [2.75, 3.05) is 6.61 Å². The number of aliphatic hydroxyl groups excluding tert-OH is 4. The minimum atomic E-state index is -2.05. The number of ether oxygens (including phenoxy) is 2. The number of carbonyl (C=O) groups excluding carboxylic acids is 4. The molecule has 0 radical (unpaired) electrons. The van der Waals surface area contributed by atoms with Crippen LogP contribution in [0.3, 0.4) is 0 Å². The molecule has 8 aliphatic carbocycles. The highest BCUT2D eigenvalue weighted by molar-refractivity contribution is 6.01. The minimum Gasteiger partial charge on any atom is -0.457 e. The van der Waals surface area contributed by atoms with Crippen molar-refractivity contribution in [2.45, 2.75) is 180 Å². The molecule has 0 aromatic carbocycles. The Morgan fingerprint density at radius 2 is 1.66 bits per heavy atom. The highest BCUT2D eigenvalue weighted by atomic mass is 19.1. The summed E-state index contributed by atoms with van der Waals surface area (Å²) in [6.07, 6.45) is 21.2. The summed E-state index contributed by atoms with van der Waals surface area (Å²) in [4.78, 5) is 50.3. The molecule has 7 fully saturated rings. The van der Waals surface area contributed by atoms with E-state index in [1.165, 1.54) is 56.3 Å². The fourth-order valence-electron chi connectivity index (χ4n) is 14.6. The van der Waals surface area contributed by atoms with Gasteiger partial charge < -0.3 is 35.4 Å². The standard InChI is InChI=1S/C28H37FO7.C27H40O3.H2O/c1-6-23(33)35-15-22(32)28(36-24(34)7-2)16(3)12-20-19-9-8-17-13-18(30)10-11-25(17,4)27(19,29)21(31)14-26(20,28)5;1-17(6-13-25(29)20-8-9-20)23-11-12-24-19(5-4-14-27(23,24)3)7-10-21-15-22(28)16-26(30)18(21)2;/h10-11,13,16,19-21,31H,6-9,12,14-15H2,1-5H3;6-7,10,13,17,20,22-26,28-30H,2,4-5,8-9,11-12,14-16H2,1,3H3;1H2/b;13-6+,19-7+,21-10-;/t;17-,22-,23-,24+,25-,26+,27-;/m.1./s1. The molecule has 8 unspecified atom stereocenters. The number of allylic oxidation sites excluding steroid dienone is 8. The first-order valence-corrected chi connectivity index (χ1v) is 25.1. The van der Waals surface area contributed by atoms with Gasteiger partial charge in [-0.2, -0.15) is 0 Å². The van der Waals surface area contributed by atoms with Crippen LogP contribution in [0, 0.1) is 57.7 Å². The van der Waals surface area contributed by atoms with Crippen molar-refractivity contribution in [1.29, 1.82) is 0 Å². The lowest BCUT2D eigenvalue weighted by atomic mass is 9.44. The molecular weight excluding hydrogens is 856 g/mol. The van der Waals surface area contributed by atoms with Crippen LogP contribution in [0.2, 0.25) is 0 Å². The van der Waals surface area contributed by atoms with Crippen molar-refractivity contribution in [3.05, 3.63) is 71.4 Å². The molecule has 0 aliphatic heterocycles. The Bertz CT molecular complexity index is 2080. The molecule has 6 N–H and O–H groups in total. The first kappa shape index (κ1) is 52.8. The number of hydrogen-bond acceptors (Lipinski definition) is 10.